The Morgan fingerprint density at radius 3 is 2.75 bits per heavy atom. The second-order valence-corrected chi connectivity index (χ2v) is 8.66. The summed E-state index contributed by atoms with van der Waals surface area (Å²) in [6, 6.07) is 10.1. The molecule has 1 atom stereocenters. The van der Waals surface area contributed by atoms with E-state index < -0.39 is 23.7 Å². The molecule has 1 N–H and O–H groups in total. The van der Waals surface area contributed by atoms with Crippen LogP contribution in [0.4, 0.5) is 17.6 Å². The van der Waals surface area contributed by atoms with Crippen molar-refractivity contribution in [3.63, 3.8) is 0 Å². The molecular formula is C23H15Cl2F4N5O2. The Bertz CT molecular complexity index is 1470. The lowest BCUT2D eigenvalue weighted by atomic mass is 10.1. The first-order chi connectivity index (χ1) is 17.2. The number of aliphatic imine (C=N–C) groups is 1. The Hall–Kier alpha value is -3.41. The standard InChI is InChI=1S/C23H15Cl2F4N5O2/c24-14-5-4-12(17(25)8-14)6-15-11-35-33-22(31-15)21-18(10-30-20-9-19(26)32-34(20)21)36-16-3-1-2-13(7-16)23(27,28)29/h1-5,7-10,15H,6,11H2,(H,31,33). The van der Waals surface area contributed by atoms with Gasteiger partial charge in [0, 0.05) is 16.1 Å². The van der Waals surface area contributed by atoms with Gasteiger partial charge in [0.05, 0.1) is 24.4 Å². The van der Waals surface area contributed by atoms with Crippen molar-refractivity contribution in [2.45, 2.75) is 18.6 Å². The first kappa shape index (κ1) is 24.3. The van der Waals surface area contributed by atoms with E-state index in [2.05, 4.69) is 20.6 Å². The van der Waals surface area contributed by atoms with Gasteiger partial charge in [-0.05, 0) is 42.3 Å². The third-order valence-electron chi connectivity index (χ3n) is 5.26. The van der Waals surface area contributed by atoms with Crippen LogP contribution in [0.5, 0.6) is 11.5 Å². The fraction of sp³-hybridized carbons (Fsp3) is 0.174. The average molecular weight is 540 g/mol. The molecule has 3 heterocycles. The number of rotatable bonds is 5. The van der Waals surface area contributed by atoms with Crippen LogP contribution in [0.25, 0.3) is 5.65 Å². The van der Waals surface area contributed by atoms with Gasteiger partial charge in [0.25, 0.3) is 0 Å². The van der Waals surface area contributed by atoms with E-state index in [-0.39, 0.29) is 35.3 Å². The average Bonchev–Trinajstić information content (AvgIpc) is 3.21. The third kappa shape index (κ3) is 5.08. The molecule has 0 bridgehead atoms. The van der Waals surface area contributed by atoms with Crippen LogP contribution in [0.3, 0.4) is 0 Å². The Morgan fingerprint density at radius 1 is 1.14 bits per heavy atom. The van der Waals surface area contributed by atoms with Gasteiger partial charge in [0.15, 0.2) is 22.9 Å². The molecule has 186 valence electrons. The van der Waals surface area contributed by atoms with Crippen LogP contribution >= 0.6 is 23.2 Å². The molecule has 36 heavy (non-hydrogen) atoms. The first-order valence-corrected chi connectivity index (χ1v) is 11.2. The fourth-order valence-corrected chi connectivity index (χ4v) is 4.14. The number of nitrogens with zero attached hydrogens (tertiary/aromatic N) is 4. The van der Waals surface area contributed by atoms with E-state index in [9.17, 15) is 17.6 Å². The zero-order valence-electron chi connectivity index (χ0n) is 18.1. The monoisotopic (exact) mass is 539 g/mol. The van der Waals surface area contributed by atoms with E-state index in [0.717, 1.165) is 28.3 Å². The van der Waals surface area contributed by atoms with Gasteiger partial charge in [-0.2, -0.15) is 17.6 Å². The molecule has 13 heteroatoms. The zero-order chi connectivity index (χ0) is 25.4. The highest BCUT2D eigenvalue weighted by Gasteiger charge is 2.31. The normalized spacial score (nSPS) is 16.1. The van der Waals surface area contributed by atoms with Gasteiger partial charge in [-0.15, -0.1) is 5.10 Å². The Kier molecular flexibility index (Phi) is 6.45. The number of benzene rings is 2. The minimum atomic E-state index is -4.56. The number of ether oxygens (including phenoxy) is 1. The van der Waals surface area contributed by atoms with Gasteiger partial charge in [0.1, 0.15) is 5.75 Å². The van der Waals surface area contributed by atoms with Gasteiger partial charge < -0.3 is 4.74 Å². The Balaban J connectivity index is 1.54. The summed E-state index contributed by atoms with van der Waals surface area (Å²) in [7, 11) is 0. The summed E-state index contributed by atoms with van der Waals surface area (Å²) in [6.45, 7) is 0.188. The highest BCUT2D eigenvalue weighted by atomic mass is 35.5. The molecule has 1 unspecified atom stereocenters. The summed E-state index contributed by atoms with van der Waals surface area (Å²) in [5, 5.41) is 4.75. The van der Waals surface area contributed by atoms with E-state index in [1.165, 1.54) is 18.3 Å². The molecular weight excluding hydrogens is 525 g/mol. The number of hydrogen-bond acceptors (Lipinski definition) is 6. The van der Waals surface area contributed by atoms with Crippen LogP contribution in [-0.2, 0) is 17.4 Å². The topological polar surface area (TPSA) is 73.0 Å². The number of halogens is 6. The molecule has 4 aromatic rings. The number of alkyl halides is 3. The molecule has 1 aliphatic heterocycles. The molecule has 0 fully saturated rings. The van der Waals surface area contributed by atoms with Crippen molar-refractivity contribution < 1.29 is 27.1 Å². The smallest absolute Gasteiger partial charge is 0.416 e. The van der Waals surface area contributed by atoms with Crippen LogP contribution < -0.4 is 10.2 Å². The number of nitrogens with one attached hydrogen (secondary N) is 1. The minimum Gasteiger partial charge on any atom is -0.453 e. The fourth-order valence-electron chi connectivity index (χ4n) is 3.65. The molecule has 0 amide bonds. The maximum absolute atomic E-state index is 14.0. The third-order valence-corrected chi connectivity index (χ3v) is 5.85. The summed E-state index contributed by atoms with van der Waals surface area (Å²) in [4.78, 5) is 14.2. The van der Waals surface area contributed by atoms with Gasteiger partial charge in [-0.1, -0.05) is 35.3 Å². The van der Waals surface area contributed by atoms with Crippen molar-refractivity contribution in [1.82, 2.24) is 20.1 Å². The number of hydrogen-bond donors (Lipinski definition) is 1. The molecule has 0 spiro atoms. The quantitative estimate of drug-likeness (QED) is 0.320. The van der Waals surface area contributed by atoms with Crippen LogP contribution in [0, 0.1) is 5.95 Å². The first-order valence-electron chi connectivity index (χ1n) is 10.5. The highest BCUT2D eigenvalue weighted by molar-refractivity contribution is 6.35. The second-order valence-electron chi connectivity index (χ2n) is 7.82. The van der Waals surface area contributed by atoms with E-state index in [1.54, 1.807) is 18.2 Å². The molecule has 0 radical (unpaired) electrons. The van der Waals surface area contributed by atoms with Crippen LogP contribution in [0.1, 0.15) is 16.8 Å². The molecule has 2 aromatic carbocycles. The lowest BCUT2D eigenvalue weighted by molar-refractivity contribution is -0.137. The summed E-state index contributed by atoms with van der Waals surface area (Å²) < 4.78 is 60.4. The molecule has 7 nitrogen and oxygen atoms in total. The molecule has 0 saturated carbocycles. The molecule has 5 rings (SSSR count). The van der Waals surface area contributed by atoms with Crippen molar-refractivity contribution in [3.8, 4) is 11.5 Å². The largest absolute Gasteiger partial charge is 0.453 e. The molecule has 0 saturated heterocycles. The lowest BCUT2D eigenvalue weighted by Crippen LogP contribution is -2.38. The Morgan fingerprint density at radius 2 is 1.97 bits per heavy atom. The number of fused-ring (bicyclic) bond motifs is 1. The number of amidine groups is 1. The van der Waals surface area contributed by atoms with Crippen molar-refractivity contribution in [1.29, 1.82) is 0 Å². The van der Waals surface area contributed by atoms with Crippen LogP contribution in [0.2, 0.25) is 10.0 Å². The van der Waals surface area contributed by atoms with E-state index in [0.29, 0.717) is 16.5 Å². The van der Waals surface area contributed by atoms with E-state index >= 15 is 0 Å². The number of aromatic nitrogens is 3. The highest BCUT2D eigenvalue weighted by Crippen LogP contribution is 2.34. The van der Waals surface area contributed by atoms with Crippen molar-refractivity contribution in [3.05, 3.63) is 87.5 Å². The summed E-state index contributed by atoms with van der Waals surface area (Å²) in [5.74, 6) is -0.831. The van der Waals surface area contributed by atoms with Crippen molar-refractivity contribution >= 4 is 34.7 Å². The molecule has 2 aromatic heterocycles. The van der Waals surface area contributed by atoms with E-state index in [1.807, 2.05) is 0 Å². The maximum atomic E-state index is 14.0. The number of hydroxylamine groups is 1. The van der Waals surface area contributed by atoms with Crippen molar-refractivity contribution in [2.75, 3.05) is 6.61 Å². The van der Waals surface area contributed by atoms with Gasteiger partial charge in [-0.25, -0.2) is 15.0 Å². The lowest BCUT2D eigenvalue weighted by Gasteiger charge is -2.23. The van der Waals surface area contributed by atoms with Crippen LogP contribution in [-0.4, -0.2) is 33.1 Å². The van der Waals surface area contributed by atoms with Gasteiger partial charge in [-0.3, -0.25) is 9.83 Å². The van der Waals surface area contributed by atoms with E-state index in [4.69, 9.17) is 32.8 Å². The molecule has 0 aliphatic carbocycles. The van der Waals surface area contributed by atoms with Gasteiger partial charge >= 0.3 is 6.18 Å². The SMILES string of the molecule is Fc1cc2ncc(Oc3cccc(C(F)(F)F)c3)c(C3=NC(Cc4ccc(Cl)cc4Cl)CON3)n2n1. The van der Waals surface area contributed by atoms with Crippen LogP contribution in [0.15, 0.2) is 59.7 Å². The Labute approximate surface area is 211 Å². The minimum absolute atomic E-state index is 0.0232. The molecule has 1 aliphatic rings. The van der Waals surface area contributed by atoms with Crippen molar-refractivity contribution in [2.24, 2.45) is 4.99 Å². The summed E-state index contributed by atoms with van der Waals surface area (Å²) >= 11 is 12.3. The summed E-state index contributed by atoms with van der Waals surface area (Å²) in [5.41, 5.74) is 2.79. The maximum Gasteiger partial charge on any atom is 0.416 e. The zero-order valence-corrected chi connectivity index (χ0v) is 19.6. The second kappa shape index (κ2) is 9.57. The van der Waals surface area contributed by atoms with Gasteiger partial charge in [0.2, 0.25) is 5.95 Å². The predicted molar refractivity (Wildman–Crippen MR) is 124 cm³/mol. The predicted octanol–water partition coefficient (Wildman–Crippen LogP) is 5.88. The summed E-state index contributed by atoms with van der Waals surface area (Å²) in [6.07, 6.45) is -2.92.